The maximum atomic E-state index is 5.45. The van der Waals surface area contributed by atoms with Crippen molar-refractivity contribution < 1.29 is 9.47 Å². The molecule has 0 aliphatic rings. The Hall–Kier alpha value is -2.38. The van der Waals surface area contributed by atoms with Crippen LogP contribution in [0.3, 0.4) is 0 Å². The van der Waals surface area contributed by atoms with Crippen LogP contribution in [-0.4, -0.2) is 56.3 Å². The minimum atomic E-state index is 0.634. The summed E-state index contributed by atoms with van der Waals surface area (Å²) in [7, 11) is 3.45. The van der Waals surface area contributed by atoms with Gasteiger partial charge in [0.1, 0.15) is 0 Å². The van der Waals surface area contributed by atoms with E-state index in [1.807, 2.05) is 16.9 Å². The van der Waals surface area contributed by atoms with Crippen molar-refractivity contribution in [2.75, 3.05) is 40.5 Å². The number of nitrogens with one attached hydrogen (secondary N) is 2. The highest BCUT2D eigenvalue weighted by Crippen LogP contribution is 2.10. The largest absolute Gasteiger partial charge is 0.382 e. The van der Waals surface area contributed by atoms with Gasteiger partial charge in [-0.3, -0.25) is 9.67 Å². The number of benzene rings is 1. The fraction of sp³-hybridized carbons (Fsp3) is 0.474. The molecule has 0 unspecified atom stereocenters. The van der Waals surface area contributed by atoms with E-state index in [2.05, 4.69) is 45.0 Å². The topological polar surface area (TPSA) is 72.7 Å². The third-order valence-corrected chi connectivity index (χ3v) is 3.87. The lowest BCUT2D eigenvalue weighted by Crippen LogP contribution is -2.37. The van der Waals surface area contributed by atoms with E-state index in [0.29, 0.717) is 26.4 Å². The number of hydrogen-bond donors (Lipinski definition) is 2. The fourth-order valence-electron chi connectivity index (χ4n) is 2.48. The van der Waals surface area contributed by atoms with Crippen LogP contribution in [-0.2, 0) is 22.6 Å². The van der Waals surface area contributed by atoms with Gasteiger partial charge in [0.15, 0.2) is 5.96 Å². The Morgan fingerprint density at radius 3 is 2.69 bits per heavy atom. The second kappa shape index (κ2) is 12.1. The molecular formula is C19H29N5O2. The van der Waals surface area contributed by atoms with E-state index in [4.69, 9.17) is 9.47 Å². The molecule has 1 aromatic carbocycles. The summed E-state index contributed by atoms with van der Waals surface area (Å²) in [5, 5.41) is 11.0. The monoisotopic (exact) mass is 359 g/mol. The molecule has 0 bridgehead atoms. The zero-order valence-corrected chi connectivity index (χ0v) is 15.6. The van der Waals surface area contributed by atoms with E-state index in [9.17, 15) is 0 Å². The predicted molar refractivity (Wildman–Crippen MR) is 103 cm³/mol. The fourth-order valence-corrected chi connectivity index (χ4v) is 2.48. The molecule has 0 atom stereocenters. The summed E-state index contributed by atoms with van der Waals surface area (Å²) in [6.45, 7) is 4.25. The summed E-state index contributed by atoms with van der Waals surface area (Å²) in [5.41, 5.74) is 2.47. The van der Waals surface area contributed by atoms with Gasteiger partial charge in [-0.25, -0.2) is 0 Å². The number of nitrogens with zero attached hydrogens (tertiary/aromatic N) is 3. The molecule has 2 rings (SSSR count). The van der Waals surface area contributed by atoms with E-state index in [-0.39, 0.29) is 0 Å². The molecule has 7 nitrogen and oxygen atoms in total. The van der Waals surface area contributed by atoms with Crippen LogP contribution in [0, 0.1) is 0 Å². The van der Waals surface area contributed by atoms with Crippen LogP contribution in [0.15, 0.2) is 47.7 Å². The van der Waals surface area contributed by atoms with Gasteiger partial charge in [0.05, 0.1) is 19.8 Å². The van der Waals surface area contributed by atoms with Gasteiger partial charge in [-0.05, 0) is 23.6 Å². The summed E-state index contributed by atoms with van der Waals surface area (Å²) >= 11 is 0. The van der Waals surface area contributed by atoms with E-state index in [1.165, 1.54) is 11.1 Å². The first kappa shape index (κ1) is 19.9. The number of aliphatic imine (C=N–C) groups is 1. The smallest absolute Gasteiger partial charge is 0.191 e. The lowest BCUT2D eigenvalue weighted by Gasteiger charge is -2.14. The summed E-state index contributed by atoms with van der Waals surface area (Å²) in [6.07, 6.45) is 4.69. The highest BCUT2D eigenvalue weighted by atomic mass is 16.5. The summed E-state index contributed by atoms with van der Waals surface area (Å²) in [5.74, 6) is 0.788. The van der Waals surface area contributed by atoms with Crippen molar-refractivity contribution in [1.82, 2.24) is 20.4 Å². The van der Waals surface area contributed by atoms with Crippen LogP contribution >= 0.6 is 0 Å². The zero-order valence-electron chi connectivity index (χ0n) is 15.6. The molecule has 142 valence electrons. The average molecular weight is 359 g/mol. The molecule has 7 heteroatoms. The molecule has 0 fully saturated rings. The third-order valence-electron chi connectivity index (χ3n) is 3.87. The molecular weight excluding hydrogens is 330 g/mol. The highest BCUT2D eigenvalue weighted by molar-refractivity contribution is 5.79. The number of ether oxygens (including phenoxy) is 2. The summed E-state index contributed by atoms with van der Waals surface area (Å²) in [4.78, 5) is 4.27. The van der Waals surface area contributed by atoms with Crippen molar-refractivity contribution >= 4 is 5.96 Å². The third kappa shape index (κ3) is 7.25. The predicted octanol–water partition coefficient (Wildman–Crippen LogP) is 1.65. The first-order valence-electron chi connectivity index (χ1n) is 8.89. The Labute approximate surface area is 155 Å². The zero-order chi connectivity index (χ0) is 18.5. The summed E-state index contributed by atoms with van der Waals surface area (Å²) < 4.78 is 12.3. The Kier molecular flexibility index (Phi) is 9.24. The van der Waals surface area contributed by atoms with E-state index >= 15 is 0 Å². The number of aromatic nitrogens is 2. The summed E-state index contributed by atoms with van der Waals surface area (Å²) in [6, 6.07) is 10.3. The number of rotatable bonds is 11. The standard InChI is InChI=1S/C19H29N5O2/c1-20-19(21-9-6-12-26-14-13-25-2)22-15-17-7-3-4-8-18(17)16-24-11-5-10-23-24/h3-5,7-8,10-11H,6,9,12-16H2,1-2H3,(H2,20,21,22). The maximum Gasteiger partial charge on any atom is 0.191 e. The van der Waals surface area contributed by atoms with Gasteiger partial charge in [0, 0.05) is 46.2 Å². The number of hydrogen-bond acceptors (Lipinski definition) is 4. The molecule has 0 radical (unpaired) electrons. The van der Waals surface area contributed by atoms with Crippen molar-refractivity contribution in [1.29, 1.82) is 0 Å². The average Bonchev–Trinajstić information content (AvgIpc) is 3.17. The van der Waals surface area contributed by atoms with Crippen LogP contribution in [0.1, 0.15) is 17.5 Å². The second-order valence-corrected chi connectivity index (χ2v) is 5.78. The van der Waals surface area contributed by atoms with E-state index in [1.54, 1.807) is 20.4 Å². The van der Waals surface area contributed by atoms with Gasteiger partial charge in [-0.2, -0.15) is 5.10 Å². The number of methoxy groups -OCH3 is 1. The first-order valence-corrected chi connectivity index (χ1v) is 8.89. The van der Waals surface area contributed by atoms with Gasteiger partial charge in [-0.15, -0.1) is 0 Å². The quantitative estimate of drug-likeness (QED) is 0.363. The first-order chi connectivity index (χ1) is 12.8. The van der Waals surface area contributed by atoms with Gasteiger partial charge in [0.2, 0.25) is 0 Å². The maximum absolute atomic E-state index is 5.45. The minimum absolute atomic E-state index is 0.634. The highest BCUT2D eigenvalue weighted by Gasteiger charge is 2.04. The Morgan fingerprint density at radius 2 is 1.96 bits per heavy atom. The van der Waals surface area contributed by atoms with Crippen molar-refractivity contribution in [2.45, 2.75) is 19.5 Å². The SMILES string of the molecule is CN=C(NCCCOCCOC)NCc1ccccc1Cn1cccn1. The molecule has 0 saturated carbocycles. The normalized spacial score (nSPS) is 11.5. The van der Waals surface area contributed by atoms with E-state index < -0.39 is 0 Å². The molecule has 0 amide bonds. The van der Waals surface area contributed by atoms with Crippen molar-refractivity contribution in [2.24, 2.45) is 4.99 Å². The lowest BCUT2D eigenvalue weighted by molar-refractivity contribution is 0.0698. The molecule has 26 heavy (non-hydrogen) atoms. The lowest BCUT2D eigenvalue weighted by atomic mass is 10.1. The van der Waals surface area contributed by atoms with Crippen LogP contribution in [0.25, 0.3) is 0 Å². The second-order valence-electron chi connectivity index (χ2n) is 5.78. The van der Waals surface area contributed by atoms with Gasteiger partial charge in [0.25, 0.3) is 0 Å². The molecule has 2 aromatic rings. The van der Waals surface area contributed by atoms with Crippen LogP contribution in [0.2, 0.25) is 0 Å². The van der Waals surface area contributed by atoms with Crippen LogP contribution in [0.4, 0.5) is 0 Å². The molecule has 0 aliphatic carbocycles. The number of guanidine groups is 1. The molecule has 1 heterocycles. The van der Waals surface area contributed by atoms with E-state index in [0.717, 1.165) is 25.5 Å². The molecule has 0 aliphatic heterocycles. The van der Waals surface area contributed by atoms with Crippen LogP contribution in [0.5, 0.6) is 0 Å². The van der Waals surface area contributed by atoms with Crippen molar-refractivity contribution in [3.8, 4) is 0 Å². The minimum Gasteiger partial charge on any atom is -0.382 e. The van der Waals surface area contributed by atoms with Crippen molar-refractivity contribution in [3.63, 3.8) is 0 Å². The van der Waals surface area contributed by atoms with Crippen LogP contribution < -0.4 is 10.6 Å². The van der Waals surface area contributed by atoms with Crippen molar-refractivity contribution in [3.05, 3.63) is 53.9 Å². The Balaban J connectivity index is 1.74. The van der Waals surface area contributed by atoms with Gasteiger partial charge >= 0.3 is 0 Å². The van der Waals surface area contributed by atoms with Gasteiger partial charge in [-0.1, -0.05) is 24.3 Å². The van der Waals surface area contributed by atoms with Gasteiger partial charge < -0.3 is 20.1 Å². The Morgan fingerprint density at radius 1 is 1.12 bits per heavy atom. The molecule has 2 N–H and O–H groups in total. The molecule has 1 aromatic heterocycles. The Bertz CT molecular complexity index is 643. The molecule has 0 saturated heterocycles. The molecule has 0 spiro atoms.